The second kappa shape index (κ2) is 8.41. The second-order valence-corrected chi connectivity index (χ2v) is 7.86. The Morgan fingerprint density at radius 2 is 2.12 bits per heavy atom. The van der Waals surface area contributed by atoms with Crippen molar-refractivity contribution in [2.45, 2.75) is 38.0 Å². The number of ether oxygens (including phenoxy) is 1. The van der Waals surface area contributed by atoms with Gasteiger partial charge in [-0.05, 0) is 43.9 Å². The first-order chi connectivity index (χ1) is 12.1. The maximum atomic E-state index is 6.06. The Morgan fingerprint density at radius 3 is 2.68 bits per heavy atom. The molecular formula is C20H30ClN3O. The first-order valence-corrected chi connectivity index (χ1v) is 9.84. The van der Waals surface area contributed by atoms with Gasteiger partial charge in [-0.3, -0.25) is 4.99 Å². The summed E-state index contributed by atoms with van der Waals surface area (Å²) < 4.78 is 5.51. The van der Waals surface area contributed by atoms with E-state index in [1.54, 1.807) is 0 Å². The third-order valence-electron chi connectivity index (χ3n) is 5.55. The van der Waals surface area contributed by atoms with Crippen molar-refractivity contribution in [3.05, 3.63) is 34.9 Å². The molecule has 2 aliphatic rings. The molecule has 1 saturated heterocycles. The SMILES string of the molecule is CCNC(=NCC1(c2ccc(Cl)cc2)CCC1)N(C)CC1CCOC1. The fourth-order valence-corrected chi connectivity index (χ4v) is 3.97. The van der Waals surface area contributed by atoms with E-state index in [4.69, 9.17) is 21.3 Å². The third-order valence-corrected chi connectivity index (χ3v) is 5.80. The van der Waals surface area contributed by atoms with Gasteiger partial charge in [-0.2, -0.15) is 0 Å². The van der Waals surface area contributed by atoms with Crippen LogP contribution >= 0.6 is 11.6 Å². The van der Waals surface area contributed by atoms with E-state index in [9.17, 15) is 0 Å². The summed E-state index contributed by atoms with van der Waals surface area (Å²) in [6, 6.07) is 8.34. The predicted molar refractivity (Wildman–Crippen MR) is 105 cm³/mol. The number of guanidine groups is 1. The average molecular weight is 364 g/mol. The van der Waals surface area contributed by atoms with Gasteiger partial charge in [0, 0.05) is 43.1 Å². The zero-order valence-electron chi connectivity index (χ0n) is 15.4. The molecule has 3 rings (SSSR count). The molecule has 1 aliphatic carbocycles. The van der Waals surface area contributed by atoms with Crippen LogP contribution in [0.2, 0.25) is 5.02 Å². The number of hydrogen-bond acceptors (Lipinski definition) is 2. The zero-order chi connectivity index (χ0) is 17.7. The number of nitrogens with zero attached hydrogens (tertiary/aromatic N) is 2. The van der Waals surface area contributed by atoms with E-state index in [1.165, 1.54) is 24.8 Å². The second-order valence-electron chi connectivity index (χ2n) is 7.42. The van der Waals surface area contributed by atoms with Crippen molar-refractivity contribution in [3.8, 4) is 0 Å². The van der Waals surface area contributed by atoms with Crippen LogP contribution in [0.15, 0.2) is 29.3 Å². The zero-order valence-corrected chi connectivity index (χ0v) is 16.2. The molecule has 0 radical (unpaired) electrons. The normalized spacial score (nSPS) is 22.5. The summed E-state index contributed by atoms with van der Waals surface area (Å²) in [6.07, 6.45) is 4.85. The minimum Gasteiger partial charge on any atom is -0.381 e. The summed E-state index contributed by atoms with van der Waals surface area (Å²) in [4.78, 5) is 7.27. The number of halogens is 1. The van der Waals surface area contributed by atoms with Gasteiger partial charge in [-0.25, -0.2) is 0 Å². The van der Waals surface area contributed by atoms with Crippen LogP contribution in [0, 0.1) is 5.92 Å². The van der Waals surface area contributed by atoms with Gasteiger partial charge >= 0.3 is 0 Å². The van der Waals surface area contributed by atoms with Crippen LogP contribution in [-0.4, -0.2) is 50.8 Å². The van der Waals surface area contributed by atoms with Gasteiger partial charge in [0.2, 0.25) is 0 Å². The molecule has 0 spiro atoms. The number of aliphatic imine (C=N–C) groups is 1. The van der Waals surface area contributed by atoms with Crippen molar-refractivity contribution in [1.29, 1.82) is 0 Å². The Balaban J connectivity index is 1.69. The molecule has 5 heteroatoms. The Bertz CT molecular complexity index is 577. The highest BCUT2D eigenvalue weighted by Gasteiger charge is 2.38. The van der Waals surface area contributed by atoms with Crippen LogP contribution in [0.1, 0.15) is 38.2 Å². The molecule has 1 aromatic rings. The monoisotopic (exact) mass is 363 g/mol. The highest BCUT2D eigenvalue weighted by atomic mass is 35.5. The molecule has 138 valence electrons. The molecule has 1 aliphatic heterocycles. The van der Waals surface area contributed by atoms with Crippen molar-refractivity contribution in [1.82, 2.24) is 10.2 Å². The van der Waals surface area contributed by atoms with E-state index >= 15 is 0 Å². The lowest BCUT2D eigenvalue weighted by molar-refractivity contribution is 0.181. The van der Waals surface area contributed by atoms with Gasteiger partial charge < -0.3 is 15.0 Å². The molecule has 0 amide bonds. The van der Waals surface area contributed by atoms with Gasteiger partial charge in [0.25, 0.3) is 0 Å². The summed E-state index contributed by atoms with van der Waals surface area (Å²) in [5.74, 6) is 1.62. The smallest absolute Gasteiger partial charge is 0.193 e. The number of nitrogens with one attached hydrogen (secondary N) is 1. The number of benzene rings is 1. The summed E-state index contributed by atoms with van der Waals surface area (Å²) in [7, 11) is 2.13. The lowest BCUT2D eigenvalue weighted by atomic mass is 9.64. The molecule has 4 nitrogen and oxygen atoms in total. The van der Waals surface area contributed by atoms with Crippen LogP contribution < -0.4 is 5.32 Å². The molecule has 1 saturated carbocycles. The maximum Gasteiger partial charge on any atom is 0.193 e. The number of rotatable bonds is 6. The standard InChI is InChI=1S/C20H30ClN3O/c1-3-22-19(24(2)13-16-9-12-25-14-16)23-15-20(10-4-11-20)17-5-7-18(21)8-6-17/h5-8,16H,3-4,9-15H2,1-2H3,(H,22,23). The van der Waals surface area contributed by atoms with E-state index in [-0.39, 0.29) is 5.41 Å². The number of hydrogen-bond donors (Lipinski definition) is 1. The van der Waals surface area contributed by atoms with E-state index in [0.717, 1.165) is 50.3 Å². The molecular weight excluding hydrogens is 334 g/mol. The maximum absolute atomic E-state index is 6.06. The molecule has 2 fully saturated rings. The quantitative estimate of drug-likeness (QED) is 0.618. The highest BCUT2D eigenvalue weighted by molar-refractivity contribution is 6.30. The van der Waals surface area contributed by atoms with Crippen LogP contribution in [0.3, 0.4) is 0 Å². The first-order valence-electron chi connectivity index (χ1n) is 9.46. The van der Waals surface area contributed by atoms with Crippen molar-refractivity contribution in [2.75, 3.05) is 39.9 Å². The predicted octanol–water partition coefficient (Wildman–Crippen LogP) is 3.70. The molecule has 1 N–H and O–H groups in total. The fraction of sp³-hybridized carbons (Fsp3) is 0.650. The largest absolute Gasteiger partial charge is 0.381 e. The molecule has 0 bridgehead atoms. The average Bonchev–Trinajstić information content (AvgIpc) is 3.07. The molecule has 1 unspecified atom stereocenters. The Kier molecular flexibility index (Phi) is 6.24. The van der Waals surface area contributed by atoms with E-state index < -0.39 is 0 Å². The topological polar surface area (TPSA) is 36.9 Å². The van der Waals surface area contributed by atoms with Crippen LogP contribution in [0.5, 0.6) is 0 Å². The molecule has 1 aromatic carbocycles. The van der Waals surface area contributed by atoms with Gasteiger partial charge in [-0.15, -0.1) is 0 Å². The van der Waals surface area contributed by atoms with Gasteiger partial charge in [0.15, 0.2) is 5.96 Å². The van der Waals surface area contributed by atoms with Crippen molar-refractivity contribution >= 4 is 17.6 Å². The lowest BCUT2D eigenvalue weighted by Gasteiger charge is -2.41. The molecule has 0 aromatic heterocycles. The fourth-order valence-electron chi connectivity index (χ4n) is 3.84. The molecule has 1 atom stereocenters. The Morgan fingerprint density at radius 1 is 1.36 bits per heavy atom. The lowest BCUT2D eigenvalue weighted by Crippen LogP contribution is -2.44. The van der Waals surface area contributed by atoms with E-state index in [2.05, 4.69) is 36.3 Å². The van der Waals surface area contributed by atoms with Crippen molar-refractivity contribution in [2.24, 2.45) is 10.9 Å². The van der Waals surface area contributed by atoms with Crippen LogP contribution in [0.4, 0.5) is 0 Å². The highest BCUT2D eigenvalue weighted by Crippen LogP contribution is 2.44. The molecule has 25 heavy (non-hydrogen) atoms. The first kappa shape index (κ1) is 18.5. The van der Waals surface area contributed by atoms with E-state index in [0.29, 0.717) is 5.92 Å². The van der Waals surface area contributed by atoms with Crippen LogP contribution in [0.25, 0.3) is 0 Å². The summed E-state index contributed by atoms with van der Waals surface area (Å²) in [6.45, 7) is 6.62. The Labute approximate surface area is 156 Å². The summed E-state index contributed by atoms with van der Waals surface area (Å²) in [5.41, 5.74) is 1.55. The van der Waals surface area contributed by atoms with Gasteiger partial charge in [0.05, 0.1) is 13.2 Å². The van der Waals surface area contributed by atoms with Crippen molar-refractivity contribution in [3.63, 3.8) is 0 Å². The van der Waals surface area contributed by atoms with Crippen molar-refractivity contribution < 1.29 is 4.74 Å². The van der Waals surface area contributed by atoms with Crippen LogP contribution in [-0.2, 0) is 10.2 Å². The molecule has 1 heterocycles. The van der Waals surface area contributed by atoms with E-state index in [1.807, 2.05) is 12.1 Å². The van der Waals surface area contributed by atoms with Gasteiger partial charge in [0.1, 0.15) is 0 Å². The minimum atomic E-state index is 0.183. The minimum absolute atomic E-state index is 0.183. The summed E-state index contributed by atoms with van der Waals surface area (Å²) >= 11 is 6.06. The third kappa shape index (κ3) is 4.48. The van der Waals surface area contributed by atoms with Gasteiger partial charge in [-0.1, -0.05) is 30.2 Å². The Hall–Kier alpha value is -1.26. The summed E-state index contributed by atoms with van der Waals surface area (Å²) in [5, 5.41) is 4.25.